The van der Waals surface area contributed by atoms with Crippen LogP contribution in [0.15, 0.2) is 303 Å². The van der Waals surface area contributed by atoms with Crippen molar-refractivity contribution < 1.29 is 0 Å². The SMILES string of the molecule is Cc1ccc(N(c2ccc3c(c2)C(C)(C)c2ccc4ccccc4c2-3)c2ccc3c(-c4ccc5c(c4)C(C)(C)c4c-5ccc5ccccc45)c4cc(N(c5ccc(C(C)(C)C)cc5)c5ccc6c(c5)C(C)(C)c5ccc7ccccc7c5-6)ccc4c(-c4ccc5c(c4)C(C)(C)c4c-5ccc5ccccc45)c3c2)cc1. The highest BCUT2D eigenvalue weighted by Gasteiger charge is 2.42. The summed E-state index contributed by atoms with van der Waals surface area (Å²) in [5.74, 6) is 0. The van der Waals surface area contributed by atoms with Crippen LogP contribution in [0.3, 0.4) is 0 Å². The van der Waals surface area contributed by atoms with Crippen LogP contribution in [0.25, 0.3) is 131 Å². The summed E-state index contributed by atoms with van der Waals surface area (Å²) < 4.78 is 0. The van der Waals surface area contributed by atoms with Crippen molar-refractivity contribution in [3.63, 3.8) is 0 Å². The Kier molecular flexibility index (Phi) is 13.7. The van der Waals surface area contributed by atoms with Crippen LogP contribution in [0.4, 0.5) is 34.1 Å². The molecule has 2 nitrogen and oxygen atoms in total. The molecule has 17 aromatic carbocycles. The quantitative estimate of drug-likeness (QED) is 0.140. The molecule has 0 saturated heterocycles. The van der Waals surface area contributed by atoms with Gasteiger partial charge in [-0.2, -0.15) is 0 Å². The van der Waals surface area contributed by atoms with E-state index in [1.807, 2.05) is 0 Å². The van der Waals surface area contributed by atoms with Crippen LogP contribution in [0.5, 0.6) is 0 Å². The number of nitrogens with zero attached hydrogens (tertiary/aromatic N) is 2. The normalized spacial score (nSPS) is 14.9. The third-order valence-electron chi connectivity index (χ3n) is 26.1. The van der Waals surface area contributed by atoms with Crippen LogP contribution in [-0.2, 0) is 27.1 Å². The van der Waals surface area contributed by atoms with E-state index in [9.17, 15) is 0 Å². The second-order valence-electron chi connectivity index (χ2n) is 34.8. The van der Waals surface area contributed by atoms with Gasteiger partial charge in [0.15, 0.2) is 0 Å². The van der Waals surface area contributed by atoms with Gasteiger partial charge in [0.2, 0.25) is 0 Å². The zero-order valence-electron chi connectivity index (χ0n) is 64.3. The van der Waals surface area contributed by atoms with Gasteiger partial charge in [-0.15, -0.1) is 0 Å². The Hall–Kier alpha value is -12.1. The van der Waals surface area contributed by atoms with E-state index in [4.69, 9.17) is 0 Å². The van der Waals surface area contributed by atoms with Crippen LogP contribution in [0, 0.1) is 6.92 Å². The zero-order chi connectivity index (χ0) is 74.1. The number of rotatable bonds is 8. The lowest BCUT2D eigenvalue weighted by Gasteiger charge is -2.30. The Morgan fingerprint density at radius 1 is 0.229 bits per heavy atom. The Morgan fingerprint density at radius 3 is 0.982 bits per heavy atom. The van der Waals surface area contributed by atoms with Crippen LogP contribution < -0.4 is 9.80 Å². The van der Waals surface area contributed by atoms with Crippen molar-refractivity contribution in [2.75, 3.05) is 9.80 Å². The maximum atomic E-state index is 2.58. The van der Waals surface area contributed by atoms with Crippen molar-refractivity contribution in [3.8, 4) is 66.8 Å². The van der Waals surface area contributed by atoms with Crippen molar-refractivity contribution in [1.82, 2.24) is 0 Å². The largest absolute Gasteiger partial charge is 0.310 e. The number of hydrogen-bond acceptors (Lipinski definition) is 2. The lowest BCUT2D eigenvalue weighted by Crippen LogP contribution is -2.17. The second kappa shape index (κ2) is 23.0. The van der Waals surface area contributed by atoms with Gasteiger partial charge in [0.25, 0.3) is 0 Å². The molecule has 4 aliphatic rings. The lowest BCUT2D eigenvalue weighted by molar-refractivity contribution is 0.590. The van der Waals surface area contributed by atoms with E-state index in [2.05, 4.69) is 396 Å². The van der Waals surface area contributed by atoms with E-state index in [-0.39, 0.29) is 27.1 Å². The van der Waals surface area contributed by atoms with Gasteiger partial charge in [0, 0.05) is 55.8 Å². The average molecular weight is 1400 g/mol. The van der Waals surface area contributed by atoms with Crippen LogP contribution in [-0.4, -0.2) is 0 Å². The number of fused-ring (bicyclic) bond motifs is 22. The van der Waals surface area contributed by atoms with E-state index < -0.39 is 0 Å². The summed E-state index contributed by atoms with van der Waals surface area (Å²) in [7, 11) is 0. The monoisotopic (exact) mass is 1400 g/mol. The van der Waals surface area contributed by atoms with Gasteiger partial charge in [0.1, 0.15) is 0 Å². The highest BCUT2D eigenvalue weighted by molar-refractivity contribution is 6.23. The van der Waals surface area contributed by atoms with Gasteiger partial charge >= 0.3 is 0 Å². The van der Waals surface area contributed by atoms with Crippen LogP contribution in [0.1, 0.15) is 132 Å². The summed E-state index contributed by atoms with van der Waals surface area (Å²) in [6, 6.07) is 118. The smallest absolute Gasteiger partial charge is 0.0468 e. The second-order valence-corrected chi connectivity index (χ2v) is 34.8. The summed E-state index contributed by atoms with van der Waals surface area (Å²) in [5, 5.41) is 15.1. The van der Waals surface area contributed by atoms with E-state index in [0.717, 1.165) is 34.1 Å². The maximum Gasteiger partial charge on any atom is 0.0468 e. The Morgan fingerprint density at radius 2 is 0.560 bits per heavy atom. The van der Waals surface area contributed by atoms with Crippen LogP contribution in [0.2, 0.25) is 0 Å². The third-order valence-corrected chi connectivity index (χ3v) is 26.1. The summed E-state index contributed by atoms with van der Waals surface area (Å²) >= 11 is 0. The molecule has 0 saturated carbocycles. The molecule has 0 heterocycles. The van der Waals surface area contributed by atoms with Gasteiger partial charge in [-0.3, -0.25) is 0 Å². The first kappa shape index (κ1) is 65.2. The molecule has 0 unspecified atom stereocenters. The van der Waals surface area contributed by atoms with E-state index in [1.165, 1.54) is 187 Å². The molecule has 0 N–H and O–H groups in total. The molecule has 0 radical (unpaired) electrons. The molecule has 4 aliphatic carbocycles. The molecule has 524 valence electrons. The fourth-order valence-corrected chi connectivity index (χ4v) is 20.6. The molecule has 109 heavy (non-hydrogen) atoms. The highest BCUT2D eigenvalue weighted by Crippen LogP contribution is 2.60. The zero-order valence-corrected chi connectivity index (χ0v) is 64.3. The van der Waals surface area contributed by atoms with Gasteiger partial charge in [-0.25, -0.2) is 0 Å². The van der Waals surface area contributed by atoms with Crippen molar-refractivity contribution in [2.24, 2.45) is 0 Å². The molecular weight excluding hydrogens is 1310 g/mol. The minimum atomic E-state index is -0.303. The molecule has 2 heteroatoms. The first-order valence-electron chi connectivity index (χ1n) is 39.1. The standard InChI is InChI=1S/C107H86N2/c1-63-29-39-71(40-30-63)108(75-45-53-87-95(61-75)104(5,6)91-55-35-64-21-13-17-25-77(64)99(87)91)73-43-51-83-89(59-73)97(68-33-47-81-85-49-31-66-23-15-19-27-79(66)101(85)106(9,10)93(81)57-68)84-52-44-74(60-90(84)98(83)69-34-48-82-86-50-32-67-24-16-20-28-80(67)102(86)107(11,12)94(82)58-69)109(72-41-37-70(38-42-72)103(2,3)4)76-46-54-88-96(62-76)105(7,8)92-56-36-65-22-14-18-26-78(65)100(88)92/h13-62H,1-12H3. The molecule has 21 rings (SSSR count). The molecule has 0 atom stereocenters. The fourth-order valence-electron chi connectivity index (χ4n) is 20.6. The minimum Gasteiger partial charge on any atom is -0.310 e. The van der Waals surface area contributed by atoms with Gasteiger partial charge in [0.05, 0.1) is 0 Å². The number of aryl methyl sites for hydroxylation is 1. The molecule has 0 aliphatic heterocycles. The first-order chi connectivity index (χ1) is 52.6. The molecular formula is C107H86N2. The van der Waals surface area contributed by atoms with Crippen molar-refractivity contribution >= 4 is 98.8 Å². The number of anilines is 6. The van der Waals surface area contributed by atoms with Crippen LogP contribution >= 0.6 is 0 Å². The highest BCUT2D eigenvalue weighted by atomic mass is 15.1. The molecule has 0 fully saturated rings. The van der Waals surface area contributed by atoms with E-state index in [0.29, 0.717) is 0 Å². The molecule has 0 spiro atoms. The maximum absolute atomic E-state index is 2.58. The average Bonchev–Trinajstić information content (AvgIpc) is 0.923. The van der Waals surface area contributed by atoms with Crippen molar-refractivity contribution in [2.45, 2.75) is 110 Å². The number of benzene rings is 17. The van der Waals surface area contributed by atoms with E-state index in [1.54, 1.807) is 0 Å². The molecule has 0 bridgehead atoms. The Labute approximate surface area is 640 Å². The van der Waals surface area contributed by atoms with Crippen molar-refractivity contribution in [1.29, 1.82) is 0 Å². The molecule has 0 aromatic heterocycles. The third kappa shape index (κ3) is 9.40. The van der Waals surface area contributed by atoms with Gasteiger partial charge < -0.3 is 9.80 Å². The summed E-state index contributed by atoms with van der Waals surface area (Å²) in [5.41, 5.74) is 34.3. The first-order valence-corrected chi connectivity index (χ1v) is 39.1. The Bertz CT molecular complexity index is 6820. The van der Waals surface area contributed by atoms with E-state index >= 15 is 0 Å². The minimum absolute atomic E-state index is 0.0373. The summed E-state index contributed by atoms with van der Waals surface area (Å²) in [6.07, 6.45) is 0. The van der Waals surface area contributed by atoms with Gasteiger partial charge in [-0.1, -0.05) is 300 Å². The topological polar surface area (TPSA) is 6.48 Å². The fraction of sp³-hybridized carbons (Fsp3) is 0.159. The Balaban J connectivity index is 0.851. The van der Waals surface area contributed by atoms with Gasteiger partial charge in [-0.05, 0) is 279 Å². The summed E-state index contributed by atoms with van der Waals surface area (Å²) in [6.45, 7) is 28.6. The predicted molar refractivity (Wildman–Crippen MR) is 465 cm³/mol. The molecule has 0 amide bonds. The summed E-state index contributed by atoms with van der Waals surface area (Å²) in [4.78, 5) is 5.08. The van der Waals surface area contributed by atoms with Crippen molar-refractivity contribution in [3.05, 3.63) is 359 Å². The lowest BCUT2D eigenvalue weighted by atomic mass is 9.78. The molecule has 17 aromatic rings. The predicted octanol–water partition coefficient (Wildman–Crippen LogP) is 29.7. The number of hydrogen-bond donors (Lipinski definition) is 0.